The van der Waals surface area contributed by atoms with E-state index in [2.05, 4.69) is 21.8 Å². The molecule has 0 spiro atoms. The first-order valence-corrected chi connectivity index (χ1v) is 7.37. The Hall–Kier alpha value is -2.77. The van der Waals surface area contributed by atoms with E-state index in [-0.39, 0.29) is 0 Å². The van der Waals surface area contributed by atoms with Gasteiger partial charge in [0.05, 0.1) is 12.8 Å². The van der Waals surface area contributed by atoms with E-state index in [1.807, 2.05) is 48.0 Å². The van der Waals surface area contributed by atoms with Crippen molar-refractivity contribution in [3.05, 3.63) is 71.0 Å². The maximum atomic E-state index is 5.85. The molecule has 2 aromatic heterocycles. The van der Waals surface area contributed by atoms with Gasteiger partial charge in [-0.3, -0.25) is 0 Å². The standard InChI is InChI=1S/C18H14ClN3O/c1-13-21-15(7-6-14-8-9-20-18(19)10-14)12-22(13)16-4-3-5-17(11-16)23-2/h3-5,8-12H,1-2H3. The molecule has 2 heterocycles. The lowest BCUT2D eigenvalue weighted by Crippen LogP contribution is -1.95. The quantitative estimate of drug-likeness (QED) is 0.534. The van der Waals surface area contributed by atoms with Gasteiger partial charge in [0.1, 0.15) is 22.4 Å². The van der Waals surface area contributed by atoms with Crippen molar-refractivity contribution in [1.82, 2.24) is 14.5 Å². The Kier molecular flexibility index (Phi) is 4.31. The molecule has 0 aliphatic carbocycles. The molecule has 0 bridgehead atoms. The van der Waals surface area contributed by atoms with Crippen LogP contribution in [0.5, 0.6) is 5.75 Å². The maximum absolute atomic E-state index is 5.85. The van der Waals surface area contributed by atoms with Crippen LogP contribution in [0.4, 0.5) is 0 Å². The van der Waals surface area contributed by atoms with Crippen LogP contribution in [0.3, 0.4) is 0 Å². The SMILES string of the molecule is COc1cccc(-n2cc(C#Cc3ccnc(Cl)c3)nc2C)c1. The summed E-state index contributed by atoms with van der Waals surface area (Å²) < 4.78 is 7.24. The number of aromatic nitrogens is 3. The average molecular weight is 324 g/mol. The van der Waals surface area contributed by atoms with E-state index >= 15 is 0 Å². The van der Waals surface area contributed by atoms with Crippen molar-refractivity contribution in [2.75, 3.05) is 7.11 Å². The van der Waals surface area contributed by atoms with Gasteiger partial charge in [0.2, 0.25) is 0 Å². The first-order valence-electron chi connectivity index (χ1n) is 7.00. The van der Waals surface area contributed by atoms with Gasteiger partial charge in [-0.05, 0) is 37.1 Å². The molecule has 0 aliphatic heterocycles. The number of hydrogen-bond acceptors (Lipinski definition) is 3. The summed E-state index contributed by atoms with van der Waals surface area (Å²) in [6, 6.07) is 11.3. The second kappa shape index (κ2) is 6.55. The summed E-state index contributed by atoms with van der Waals surface area (Å²) in [5.41, 5.74) is 2.48. The fourth-order valence-corrected chi connectivity index (χ4v) is 2.34. The highest BCUT2D eigenvalue weighted by molar-refractivity contribution is 6.29. The summed E-state index contributed by atoms with van der Waals surface area (Å²) >= 11 is 5.85. The number of benzene rings is 1. The summed E-state index contributed by atoms with van der Waals surface area (Å²) in [6.45, 7) is 1.94. The van der Waals surface area contributed by atoms with E-state index in [0.29, 0.717) is 10.8 Å². The lowest BCUT2D eigenvalue weighted by atomic mass is 10.2. The molecule has 23 heavy (non-hydrogen) atoms. The molecule has 3 rings (SSSR count). The molecule has 3 aromatic rings. The molecule has 0 atom stereocenters. The molecule has 0 amide bonds. The van der Waals surface area contributed by atoms with Crippen LogP contribution >= 0.6 is 11.6 Å². The van der Waals surface area contributed by atoms with Gasteiger partial charge in [0, 0.05) is 24.0 Å². The van der Waals surface area contributed by atoms with E-state index in [0.717, 1.165) is 22.8 Å². The second-order valence-electron chi connectivity index (χ2n) is 4.86. The van der Waals surface area contributed by atoms with Crippen LogP contribution < -0.4 is 4.74 Å². The van der Waals surface area contributed by atoms with Gasteiger partial charge in [0.15, 0.2) is 0 Å². The van der Waals surface area contributed by atoms with Gasteiger partial charge in [-0.15, -0.1) is 0 Å². The van der Waals surface area contributed by atoms with Crippen molar-refractivity contribution < 1.29 is 4.74 Å². The third-order valence-corrected chi connectivity index (χ3v) is 3.48. The number of halogens is 1. The van der Waals surface area contributed by atoms with Crippen LogP contribution in [0.15, 0.2) is 48.8 Å². The van der Waals surface area contributed by atoms with Gasteiger partial charge in [0.25, 0.3) is 0 Å². The smallest absolute Gasteiger partial charge is 0.132 e. The van der Waals surface area contributed by atoms with Gasteiger partial charge in [-0.1, -0.05) is 23.6 Å². The summed E-state index contributed by atoms with van der Waals surface area (Å²) in [6.07, 6.45) is 3.53. The Bertz CT molecular complexity index is 906. The minimum absolute atomic E-state index is 0.426. The first-order chi connectivity index (χ1) is 11.2. The van der Waals surface area contributed by atoms with Crippen LogP contribution in [-0.4, -0.2) is 21.6 Å². The molecular formula is C18H14ClN3O. The van der Waals surface area contributed by atoms with Crippen LogP contribution in [-0.2, 0) is 0 Å². The number of methoxy groups -OCH3 is 1. The third-order valence-electron chi connectivity index (χ3n) is 3.28. The van der Waals surface area contributed by atoms with Crippen LogP contribution in [0.25, 0.3) is 5.69 Å². The Balaban J connectivity index is 1.92. The summed E-state index contributed by atoms with van der Waals surface area (Å²) in [7, 11) is 1.65. The molecule has 0 fully saturated rings. The molecule has 0 aliphatic rings. The van der Waals surface area contributed by atoms with Gasteiger partial charge < -0.3 is 9.30 Å². The van der Waals surface area contributed by atoms with Crippen LogP contribution in [0.2, 0.25) is 5.15 Å². The predicted octanol–water partition coefficient (Wildman–Crippen LogP) is 3.64. The molecule has 0 saturated carbocycles. The third kappa shape index (κ3) is 3.53. The molecule has 1 aromatic carbocycles. The van der Waals surface area contributed by atoms with Crippen molar-refractivity contribution in [2.24, 2.45) is 0 Å². The number of ether oxygens (including phenoxy) is 1. The maximum Gasteiger partial charge on any atom is 0.132 e. The number of nitrogens with zero attached hydrogens (tertiary/aromatic N) is 3. The van der Waals surface area contributed by atoms with Crippen molar-refractivity contribution >= 4 is 11.6 Å². The first kappa shape index (κ1) is 15.1. The molecule has 5 heteroatoms. The largest absolute Gasteiger partial charge is 0.497 e. The molecule has 0 unspecified atom stereocenters. The van der Waals surface area contributed by atoms with E-state index < -0.39 is 0 Å². The van der Waals surface area contributed by atoms with E-state index in [1.165, 1.54) is 0 Å². The monoisotopic (exact) mass is 323 g/mol. The highest BCUT2D eigenvalue weighted by Crippen LogP contribution is 2.18. The highest BCUT2D eigenvalue weighted by Gasteiger charge is 2.05. The number of hydrogen-bond donors (Lipinski definition) is 0. The average Bonchev–Trinajstić information content (AvgIpc) is 2.94. The van der Waals surface area contributed by atoms with E-state index in [9.17, 15) is 0 Å². The minimum Gasteiger partial charge on any atom is -0.497 e. The topological polar surface area (TPSA) is 39.9 Å². The zero-order valence-corrected chi connectivity index (χ0v) is 13.5. The summed E-state index contributed by atoms with van der Waals surface area (Å²) in [5.74, 6) is 7.75. The zero-order chi connectivity index (χ0) is 16.2. The zero-order valence-electron chi connectivity index (χ0n) is 12.7. The Labute approximate surface area is 139 Å². The molecular weight excluding hydrogens is 310 g/mol. The van der Waals surface area contributed by atoms with Crippen molar-refractivity contribution in [3.63, 3.8) is 0 Å². The Morgan fingerprint density at radius 3 is 2.83 bits per heavy atom. The molecule has 0 N–H and O–H groups in total. The highest BCUT2D eigenvalue weighted by atomic mass is 35.5. The fraction of sp³-hybridized carbons (Fsp3) is 0.111. The van der Waals surface area contributed by atoms with E-state index in [4.69, 9.17) is 16.3 Å². The molecule has 4 nitrogen and oxygen atoms in total. The fourth-order valence-electron chi connectivity index (χ4n) is 2.17. The number of pyridine rings is 1. The lowest BCUT2D eigenvalue weighted by molar-refractivity contribution is 0.414. The predicted molar refractivity (Wildman–Crippen MR) is 90.1 cm³/mol. The van der Waals surface area contributed by atoms with Crippen molar-refractivity contribution in [2.45, 2.75) is 6.92 Å². The molecule has 114 valence electrons. The van der Waals surface area contributed by atoms with Crippen molar-refractivity contribution in [1.29, 1.82) is 0 Å². The number of rotatable bonds is 2. The van der Waals surface area contributed by atoms with Gasteiger partial charge >= 0.3 is 0 Å². The Morgan fingerprint density at radius 1 is 1.17 bits per heavy atom. The van der Waals surface area contributed by atoms with Crippen molar-refractivity contribution in [3.8, 4) is 23.3 Å². The van der Waals surface area contributed by atoms with E-state index in [1.54, 1.807) is 19.4 Å². The number of imidazole rings is 1. The molecule has 0 radical (unpaired) electrons. The number of aryl methyl sites for hydroxylation is 1. The minimum atomic E-state index is 0.426. The normalized spacial score (nSPS) is 10.0. The van der Waals surface area contributed by atoms with Gasteiger partial charge in [-0.25, -0.2) is 9.97 Å². The van der Waals surface area contributed by atoms with Crippen LogP contribution in [0, 0.1) is 18.8 Å². The molecule has 0 saturated heterocycles. The Morgan fingerprint density at radius 2 is 2.04 bits per heavy atom. The summed E-state index contributed by atoms with van der Waals surface area (Å²) in [4.78, 5) is 8.42. The van der Waals surface area contributed by atoms with Gasteiger partial charge in [-0.2, -0.15) is 0 Å². The summed E-state index contributed by atoms with van der Waals surface area (Å²) in [5, 5.41) is 0.426. The van der Waals surface area contributed by atoms with Crippen LogP contribution in [0.1, 0.15) is 17.1 Å². The second-order valence-corrected chi connectivity index (χ2v) is 5.25. The lowest BCUT2D eigenvalue weighted by Gasteiger charge is -2.06.